The van der Waals surface area contributed by atoms with Gasteiger partial charge in [-0.2, -0.15) is 0 Å². The molecule has 0 amide bonds. The van der Waals surface area contributed by atoms with Crippen LogP contribution in [0, 0.1) is 5.82 Å². The Morgan fingerprint density at radius 3 is 2.22 bits per heavy atom. The van der Waals surface area contributed by atoms with Crippen molar-refractivity contribution in [2.45, 2.75) is 13.1 Å². The highest BCUT2D eigenvalue weighted by Crippen LogP contribution is 2.25. The molecule has 1 fully saturated rings. The summed E-state index contributed by atoms with van der Waals surface area (Å²) < 4.78 is 15.7. The lowest BCUT2D eigenvalue weighted by Gasteiger charge is -2.34. The number of nitrogens with zero attached hydrogens (tertiary/aromatic N) is 3. The predicted molar refractivity (Wildman–Crippen MR) is 110 cm³/mol. The van der Waals surface area contributed by atoms with E-state index in [0.717, 1.165) is 60.8 Å². The van der Waals surface area contributed by atoms with Gasteiger partial charge < -0.3 is 4.57 Å². The first-order chi connectivity index (χ1) is 13.0. The number of aryl methyl sites for hydroxylation is 1. The number of piperazine rings is 1. The first-order valence-electron chi connectivity index (χ1n) is 9.12. The molecule has 1 aliphatic heterocycles. The maximum atomic E-state index is 13.7. The minimum absolute atomic E-state index is 0.181. The molecule has 6 heteroatoms. The summed E-state index contributed by atoms with van der Waals surface area (Å²) >= 11 is 12.3. The van der Waals surface area contributed by atoms with Crippen molar-refractivity contribution in [2.24, 2.45) is 7.05 Å². The van der Waals surface area contributed by atoms with Crippen LogP contribution in [0.5, 0.6) is 0 Å². The van der Waals surface area contributed by atoms with Crippen molar-refractivity contribution in [3.8, 4) is 0 Å². The van der Waals surface area contributed by atoms with Crippen LogP contribution >= 0.6 is 23.2 Å². The maximum Gasteiger partial charge on any atom is 0.123 e. The molecular formula is C21H22Cl2FN3. The molecule has 4 rings (SSSR count). The van der Waals surface area contributed by atoms with Gasteiger partial charge >= 0.3 is 0 Å². The van der Waals surface area contributed by atoms with Gasteiger partial charge in [-0.25, -0.2) is 4.39 Å². The largest absolute Gasteiger partial charge is 0.350 e. The summed E-state index contributed by atoms with van der Waals surface area (Å²) in [5, 5.41) is 2.40. The van der Waals surface area contributed by atoms with E-state index in [1.807, 2.05) is 25.2 Å². The summed E-state index contributed by atoms with van der Waals surface area (Å²) in [6.45, 7) is 5.61. The summed E-state index contributed by atoms with van der Waals surface area (Å²) in [5.41, 5.74) is 3.36. The van der Waals surface area contributed by atoms with E-state index < -0.39 is 0 Å². The summed E-state index contributed by atoms with van der Waals surface area (Å²) in [6.07, 6.45) is 2.12. The van der Waals surface area contributed by atoms with Crippen molar-refractivity contribution in [3.05, 3.63) is 69.6 Å². The van der Waals surface area contributed by atoms with Gasteiger partial charge in [0.15, 0.2) is 0 Å². The zero-order valence-corrected chi connectivity index (χ0v) is 16.8. The van der Waals surface area contributed by atoms with Crippen LogP contribution in [0.2, 0.25) is 10.0 Å². The maximum absolute atomic E-state index is 13.7. The number of aromatic nitrogens is 1. The molecule has 1 aliphatic rings. The van der Waals surface area contributed by atoms with E-state index in [1.54, 1.807) is 12.1 Å². The van der Waals surface area contributed by atoms with E-state index in [0.29, 0.717) is 5.02 Å². The first-order valence-corrected chi connectivity index (χ1v) is 9.87. The number of fused-ring (bicyclic) bond motifs is 1. The van der Waals surface area contributed by atoms with Gasteiger partial charge in [0.2, 0.25) is 0 Å². The summed E-state index contributed by atoms with van der Waals surface area (Å²) in [7, 11) is 2.01. The van der Waals surface area contributed by atoms with Crippen molar-refractivity contribution in [3.63, 3.8) is 0 Å². The Bertz CT molecular complexity index is 961. The number of benzene rings is 2. The van der Waals surface area contributed by atoms with Gasteiger partial charge in [0.05, 0.1) is 0 Å². The lowest BCUT2D eigenvalue weighted by molar-refractivity contribution is 0.122. The zero-order chi connectivity index (χ0) is 19.0. The molecule has 142 valence electrons. The minimum Gasteiger partial charge on any atom is -0.350 e. The van der Waals surface area contributed by atoms with Gasteiger partial charge in [0.25, 0.3) is 0 Å². The Kier molecular flexibility index (Phi) is 5.42. The molecule has 0 aliphatic carbocycles. The molecule has 3 aromatic rings. The van der Waals surface area contributed by atoms with Gasteiger partial charge in [-0.15, -0.1) is 0 Å². The monoisotopic (exact) mass is 405 g/mol. The molecule has 1 aromatic heterocycles. The Morgan fingerprint density at radius 2 is 1.56 bits per heavy atom. The Morgan fingerprint density at radius 1 is 0.889 bits per heavy atom. The van der Waals surface area contributed by atoms with Gasteiger partial charge in [-0.3, -0.25) is 9.80 Å². The quantitative estimate of drug-likeness (QED) is 0.608. The van der Waals surface area contributed by atoms with Crippen LogP contribution in [0.1, 0.15) is 11.1 Å². The SMILES string of the molecule is Cn1cc(CN2CCN(Cc3ccc(Cl)cc3Cl)CC2)c2cc(F)ccc21. The van der Waals surface area contributed by atoms with Crippen LogP contribution in [0.15, 0.2) is 42.6 Å². The highest BCUT2D eigenvalue weighted by molar-refractivity contribution is 6.35. The summed E-state index contributed by atoms with van der Waals surface area (Å²) in [6, 6.07) is 10.7. The molecular weight excluding hydrogens is 384 g/mol. The number of hydrogen-bond acceptors (Lipinski definition) is 2. The van der Waals surface area contributed by atoms with Gasteiger partial charge in [0.1, 0.15) is 5.82 Å². The first kappa shape index (κ1) is 18.8. The van der Waals surface area contributed by atoms with Crippen LogP contribution in [-0.2, 0) is 20.1 Å². The molecule has 0 radical (unpaired) electrons. The molecule has 3 nitrogen and oxygen atoms in total. The Hall–Kier alpha value is -1.59. The molecule has 2 aromatic carbocycles. The standard InChI is InChI=1S/C21H22Cl2FN3/c1-25-12-16(19-11-18(24)4-5-21(19)25)14-27-8-6-26(7-9-27)13-15-2-3-17(22)10-20(15)23/h2-5,10-12H,6-9,13-14H2,1H3. The molecule has 0 atom stereocenters. The fourth-order valence-electron chi connectivity index (χ4n) is 3.81. The van der Waals surface area contributed by atoms with Gasteiger partial charge in [-0.1, -0.05) is 29.3 Å². The van der Waals surface area contributed by atoms with Gasteiger partial charge in [0, 0.05) is 73.5 Å². The predicted octanol–water partition coefficient (Wildman–Crippen LogP) is 4.94. The molecule has 0 spiro atoms. The summed E-state index contributed by atoms with van der Waals surface area (Å²) in [4.78, 5) is 4.84. The van der Waals surface area contributed by atoms with Crippen molar-refractivity contribution in [1.82, 2.24) is 14.4 Å². The fraction of sp³-hybridized carbons (Fsp3) is 0.333. The van der Waals surface area contributed by atoms with Crippen LogP contribution < -0.4 is 0 Å². The third-order valence-electron chi connectivity index (χ3n) is 5.30. The number of hydrogen-bond donors (Lipinski definition) is 0. The van der Waals surface area contributed by atoms with Crippen LogP contribution in [-0.4, -0.2) is 40.5 Å². The smallest absolute Gasteiger partial charge is 0.123 e. The Balaban J connectivity index is 1.39. The molecule has 0 unspecified atom stereocenters. The minimum atomic E-state index is -0.181. The van der Waals surface area contributed by atoms with Crippen LogP contribution in [0.4, 0.5) is 4.39 Å². The normalized spacial score (nSPS) is 16.3. The average Bonchev–Trinajstić information content (AvgIpc) is 2.94. The van der Waals surface area contributed by atoms with Crippen LogP contribution in [0.25, 0.3) is 10.9 Å². The molecule has 0 bridgehead atoms. The highest BCUT2D eigenvalue weighted by atomic mass is 35.5. The molecule has 2 heterocycles. The second-order valence-electron chi connectivity index (χ2n) is 7.21. The number of rotatable bonds is 4. The van der Waals surface area contributed by atoms with Gasteiger partial charge in [-0.05, 0) is 41.5 Å². The average molecular weight is 406 g/mol. The third-order valence-corrected chi connectivity index (χ3v) is 5.89. The third kappa shape index (κ3) is 4.14. The van der Waals surface area contributed by atoms with E-state index in [4.69, 9.17) is 23.2 Å². The molecule has 0 saturated carbocycles. The van der Waals surface area contributed by atoms with E-state index in [2.05, 4.69) is 20.6 Å². The highest BCUT2D eigenvalue weighted by Gasteiger charge is 2.19. The van der Waals surface area contributed by atoms with E-state index >= 15 is 0 Å². The van der Waals surface area contributed by atoms with E-state index in [-0.39, 0.29) is 5.82 Å². The summed E-state index contributed by atoms with van der Waals surface area (Å²) in [5.74, 6) is -0.181. The lowest BCUT2D eigenvalue weighted by atomic mass is 10.1. The number of halogens is 3. The second-order valence-corrected chi connectivity index (χ2v) is 8.06. The molecule has 0 N–H and O–H groups in total. The lowest BCUT2D eigenvalue weighted by Crippen LogP contribution is -2.45. The molecule has 1 saturated heterocycles. The fourth-order valence-corrected chi connectivity index (χ4v) is 4.28. The van der Waals surface area contributed by atoms with Crippen molar-refractivity contribution >= 4 is 34.1 Å². The van der Waals surface area contributed by atoms with E-state index in [1.165, 1.54) is 11.6 Å². The topological polar surface area (TPSA) is 11.4 Å². The van der Waals surface area contributed by atoms with E-state index in [9.17, 15) is 4.39 Å². The second kappa shape index (κ2) is 7.80. The van der Waals surface area contributed by atoms with Crippen LogP contribution in [0.3, 0.4) is 0 Å². The van der Waals surface area contributed by atoms with Crippen molar-refractivity contribution < 1.29 is 4.39 Å². The molecule has 27 heavy (non-hydrogen) atoms. The van der Waals surface area contributed by atoms with Crippen molar-refractivity contribution in [2.75, 3.05) is 26.2 Å². The Labute approximate surface area is 168 Å². The zero-order valence-electron chi connectivity index (χ0n) is 15.3. The van der Waals surface area contributed by atoms with Crippen molar-refractivity contribution in [1.29, 1.82) is 0 Å².